The van der Waals surface area contributed by atoms with Crippen LogP contribution in [0.2, 0.25) is 0 Å². The molecule has 0 saturated heterocycles. The monoisotopic (exact) mass is 1790 g/mol. The van der Waals surface area contributed by atoms with Crippen molar-refractivity contribution in [3.63, 3.8) is 0 Å². The van der Waals surface area contributed by atoms with Gasteiger partial charge in [-0.05, 0) is 329 Å². The molecule has 16 nitrogen and oxygen atoms in total. The zero-order valence-corrected chi connectivity index (χ0v) is 84.5. The van der Waals surface area contributed by atoms with Crippen molar-refractivity contribution in [2.24, 2.45) is 0 Å². The Labute approximate surface area is 800 Å². The van der Waals surface area contributed by atoms with Gasteiger partial charge in [0.25, 0.3) is 0 Å². The number of fused-ring (bicyclic) bond motifs is 10. The Balaban J connectivity index is 0.000000123. The molecule has 20 rings (SSSR count). The van der Waals surface area contributed by atoms with Crippen LogP contribution in [0.15, 0.2) is 237 Å². The van der Waals surface area contributed by atoms with Gasteiger partial charge in [-0.25, -0.2) is 19.9 Å². The first-order valence-electron chi connectivity index (χ1n) is 46.9. The third-order valence-electron chi connectivity index (χ3n) is 25.4. The molecule has 0 saturated carbocycles. The molecular weight excluding hydrogens is 1660 g/mol. The topological polar surface area (TPSA) is 140 Å². The molecule has 135 heavy (non-hydrogen) atoms. The van der Waals surface area contributed by atoms with Gasteiger partial charge < -0.3 is 38.4 Å². The lowest BCUT2D eigenvalue weighted by Crippen LogP contribution is -2.21. The van der Waals surface area contributed by atoms with Crippen molar-refractivity contribution in [2.45, 2.75) is 235 Å². The summed E-state index contributed by atoms with van der Waals surface area (Å²) in [5.74, 6) is 10.3. The van der Waals surface area contributed by atoms with Crippen molar-refractivity contribution in [3.05, 3.63) is 349 Å². The summed E-state index contributed by atoms with van der Waals surface area (Å²) in [7, 11) is 0. The van der Waals surface area contributed by atoms with E-state index in [0.717, 1.165) is 137 Å². The molecule has 9 aromatic carbocycles. The summed E-state index contributed by atoms with van der Waals surface area (Å²) in [4.78, 5) is 38.8. The van der Waals surface area contributed by atoms with E-state index >= 15 is 0 Å². The van der Waals surface area contributed by atoms with E-state index in [9.17, 15) is 0 Å². The minimum atomic E-state index is 0.0992. The van der Waals surface area contributed by atoms with Gasteiger partial charge in [0.15, 0.2) is 69.2 Å². The lowest BCUT2D eigenvalue weighted by molar-refractivity contribution is 0.457. The quantitative estimate of drug-likeness (QED) is 0.161. The van der Waals surface area contributed by atoms with Gasteiger partial charge in [0.05, 0.1) is 75.0 Å². The molecule has 5 aliphatic heterocycles. The number of rotatable bonds is 5. The summed E-state index contributed by atoms with van der Waals surface area (Å²) < 4.78 is 30.6. The molecule has 0 bridgehead atoms. The Kier molecular flexibility index (Phi) is 25.3. The first-order chi connectivity index (χ1) is 63.8. The summed E-state index contributed by atoms with van der Waals surface area (Å²) in [5.41, 5.74) is 38.2. The molecule has 690 valence electrons. The van der Waals surface area contributed by atoms with Crippen LogP contribution in [0.4, 0.5) is 85.7 Å². The summed E-state index contributed by atoms with van der Waals surface area (Å²) in [6, 6.07) is 71.9. The molecule has 0 radical (unpaired) electrons. The van der Waals surface area contributed by atoms with E-state index in [1.807, 2.05) is 130 Å². The van der Waals surface area contributed by atoms with Crippen LogP contribution in [0.5, 0.6) is 57.6 Å². The van der Waals surface area contributed by atoms with Gasteiger partial charge in [-0.15, -0.1) is 0 Å². The van der Waals surface area contributed by atoms with Gasteiger partial charge >= 0.3 is 0 Å². The molecule has 16 heteroatoms. The minimum absolute atomic E-state index is 0.0992. The largest absolute Gasteiger partial charge is 0.451 e. The second kappa shape index (κ2) is 36.4. The Bertz CT molecular complexity index is 6020. The molecule has 0 atom stereocenters. The first kappa shape index (κ1) is 94.1. The molecule has 0 fully saturated rings. The van der Waals surface area contributed by atoms with E-state index in [-0.39, 0.29) is 27.1 Å². The predicted octanol–water partition coefficient (Wildman–Crippen LogP) is 33.8. The Morgan fingerprint density at radius 1 is 0.215 bits per heavy atom. The average molecular weight is 1790 g/mol. The van der Waals surface area contributed by atoms with Gasteiger partial charge in [0.1, 0.15) is 5.69 Å². The fourth-order valence-corrected chi connectivity index (χ4v) is 18.5. The molecule has 15 aromatic rings. The molecule has 0 aliphatic carbocycles. The summed E-state index contributed by atoms with van der Waals surface area (Å²) in [5, 5.41) is 0. The van der Waals surface area contributed by atoms with Gasteiger partial charge in [-0.3, -0.25) is 19.8 Å². The highest BCUT2D eigenvalue weighted by atomic mass is 16.5. The van der Waals surface area contributed by atoms with E-state index in [2.05, 4.69) is 347 Å². The average Bonchev–Trinajstić information content (AvgIpc) is 0.761. The Morgan fingerprint density at radius 3 is 0.970 bits per heavy atom. The Morgan fingerprint density at radius 2 is 0.533 bits per heavy atom. The number of ether oxygens (including phenoxy) is 5. The number of anilines is 15. The van der Waals surface area contributed by atoms with Crippen LogP contribution >= 0.6 is 0 Å². The second-order valence-electron chi connectivity index (χ2n) is 42.0. The van der Waals surface area contributed by atoms with Crippen LogP contribution < -0.4 is 48.2 Å². The maximum atomic E-state index is 6.14. The molecule has 0 amide bonds. The van der Waals surface area contributed by atoms with E-state index in [1.54, 1.807) is 12.4 Å². The lowest BCUT2D eigenvalue weighted by Gasteiger charge is -2.35. The van der Waals surface area contributed by atoms with Gasteiger partial charge in [-0.2, -0.15) is 0 Å². The molecular formula is C119H129N11O5. The molecule has 0 N–H and O–H groups in total. The fourth-order valence-electron chi connectivity index (χ4n) is 18.5. The Hall–Kier alpha value is -14.1. The molecule has 11 heterocycles. The summed E-state index contributed by atoms with van der Waals surface area (Å²) in [6.45, 7) is 65.9. The number of nitrogens with zero attached hydrogens (tertiary/aromatic N) is 11. The maximum Gasteiger partial charge on any atom is 0.243 e. The van der Waals surface area contributed by atoms with Crippen LogP contribution in [0.1, 0.15) is 216 Å². The molecule has 0 spiro atoms. The smallest absolute Gasteiger partial charge is 0.243 e. The lowest BCUT2D eigenvalue weighted by atomic mass is 9.84. The van der Waals surface area contributed by atoms with E-state index < -0.39 is 0 Å². The van der Waals surface area contributed by atoms with Gasteiger partial charge in [-0.1, -0.05) is 207 Å². The number of hydrogen-bond donors (Lipinski definition) is 0. The highest BCUT2D eigenvalue weighted by molar-refractivity contribution is 5.93. The zero-order valence-electron chi connectivity index (χ0n) is 84.5. The van der Waals surface area contributed by atoms with E-state index in [0.29, 0.717) is 5.88 Å². The third kappa shape index (κ3) is 19.0. The minimum Gasteiger partial charge on any atom is -0.451 e. The highest BCUT2D eigenvalue weighted by Crippen LogP contribution is 2.59. The second-order valence-corrected chi connectivity index (χ2v) is 42.0. The predicted molar refractivity (Wildman–Crippen MR) is 557 cm³/mol. The number of hydrogen-bond acceptors (Lipinski definition) is 16. The SMILES string of the molecule is Cc1cc2c(cn1)Oc1ccccc1N2c1c(C)cc(C(C)(C)C)cc1C.Cc1ccc2c(c1)N(c1c(C)cc(C(C)(C)C)cc1C)c1ccncc1O2.Cc1ccc2c(n1)N(c1c(C)cc(C(C)(C)C)cc1C)c1ccccc1O2.Cc1ccc2c(n1)N(c1c(C)cc(C(C)(C)C)cc1C)c1ncccc1O2.Cc1cnc2c(c1)N(c1c(C)cc(C(C)(C)C)cc1C)c1ccccc1O2. The normalized spacial score (nSPS) is 13.0. The van der Waals surface area contributed by atoms with Gasteiger partial charge in [0.2, 0.25) is 5.88 Å². The number of pyridine rings is 6. The molecule has 0 unspecified atom stereocenters. The van der Waals surface area contributed by atoms with Crippen LogP contribution in [0.25, 0.3) is 0 Å². The summed E-state index contributed by atoms with van der Waals surface area (Å²) >= 11 is 0. The van der Waals surface area contributed by atoms with Crippen molar-refractivity contribution in [1.82, 2.24) is 29.9 Å². The van der Waals surface area contributed by atoms with Gasteiger partial charge in [0, 0.05) is 35.7 Å². The summed E-state index contributed by atoms with van der Waals surface area (Å²) in [6.07, 6.45) is 9.09. The number of para-hydroxylation sites is 6. The van der Waals surface area contributed by atoms with Crippen molar-refractivity contribution >= 4 is 85.7 Å². The number of aromatic nitrogens is 6. The standard InChI is InChI=1S/4C24H26N2O.C23H25N3O/c1-15-7-8-21-20(11-15)26(19-9-10-25-14-22(19)27-21)23-16(2)12-18(13-17(23)3)24(4,5)6;1-15-11-18(24(4,5)6)12-16(2)23(15)26-19-9-7-8-10-21(19)27-22-14-25-17(3)13-20(22)26;1-15-11-20-23(25-14-15)27-21-10-8-7-9-19(21)26(20)22-16(2)12-18(13-17(22)3)24(4,5)6;1-15-13-18(24(4,5)6)14-16(2)22(15)26-19-9-7-8-10-20(19)27-21-12-11-17(3)25-23(21)26;1-14-12-17(23(4,5)6)13-15(2)20(14)26-21-18(8-7-11-24-21)27-19-10-9-16(3)25-22(19)26/h4*7-14H,1-6H3;7-13H,1-6H3. The van der Waals surface area contributed by atoms with Crippen molar-refractivity contribution < 1.29 is 23.7 Å². The van der Waals surface area contributed by atoms with Crippen molar-refractivity contribution in [2.75, 3.05) is 24.5 Å². The van der Waals surface area contributed by atoms with Crippen LogP contribution in [0.3, 0.4) is 0 Å². The molecule has 5 aliphatic rings. The number of benzene rings is 9. The van der Waals surface area contributed by atoms with Crippen LogP contribution in [0, 0.1) is 104 Å². The van der Waals surface area contributed by atoms with Crippen molar-refractivity contribution in [1.29, 1.82) is 0 Å². The first-order valence-corrected chi connectivity index (χ1v) is 46.9. The fraction of sp³-hybridized carbons (Fsp3) is 0.294. The van der Waals surface area contributed by atoms with Crippen LogP contribution in [-0.4, -0.2) is 29.9 Å². The van der Waals surface area contributed by atoms with Crippen LogP contribution in [-0.2, 0) is 27.1 Å². The zero-order chi connectivity index (χ0) is 96.7. The third-order valence-corrected chi connectivity index (χ3v) is 25.4. The highest BCUT2D eigenvalue weighted by Gasteiger charge is 2.38. The number of aryl methyl sites for hydroxylation is 15. The van der Waals surface area contributed by atoms with Crippen molar-refractivity contribution in [3.8, 4) is 57.6 Å². The molecule has 6 aromatic heterocycles. The van der Waals surface area contributed by atoms with E-state index in [4.69, 9.17) is 33.7 Å². The maximum absolute atomic E-state index is 6.14. The van der Waals surface area contributed by atoms with E-state index in [1.165, 1.54) is 112 Å².